The smallest absolute Gasteiger partial charge is 0.339 e. The van der Waals surface area contributed by atoms with Gasteiger partial charge in [-0.05, 0) is 25.0 Å². The van der Waals surface area contributed by atoms with Gasteiger partial charge in [0.2, 0.25) is 0 Å². The molecule has 132 valence electrons. The van der Waals surface area contributed by atoms with Crippen LogP contribution >= 0.6 is 0 Å². The summed E-state index contributed by atoms with van der Waals surface area (Å²) in [5.74, 6) is -0.316. The highest BCUT2D eigenvalue weighted by Crippen LogP contribution is 2.15. The highest BCUT2D eigenvalue weighted by Gasteiger charge is 2.20. The summed E-state index contributed by atoms with van der Waals surface area (Å²) >= 11 is 0. The Labute approximate surface area is 145 Å². The first-order chi connectivity index (χ1) is 11.6. The standard InChI is InChI=1S/C18H25NO4S/c1-2-24(22)16-11-7-6-10-15(16)18(21)23-14-17(20)19-12-8-4-3-5-9-13-19/h6-7,10-11H,2-5,8-9,12-14H2,1H3/t24-/m0/s1. The van der Waals surface area contributed by atoms with Gasteiger partial charge in [-0.2, -0.15) is 0 Å². The fraction of sp³-hybridized carbons (Fsp3) is 0.556. The molecule has 5 nitrogen and oxygen atoms in total. The van der Waals surface area contributed by atoms with E-state index in [1.165, 1.54) is 6.42 Å². The van der Waals surface area contributed by atoms with E-state index >= 15 is 0 Å². The number of hydrogen-bond donors (Lipinski definition) is 0. The summed E-state index contributed by atoms with van der Waals surface area (Å²) in [4.78, 5) is 26.8. The summed E-state index contributed by atoms with van der Waals surface area (Å²) in [5.41, 5.74) is 0.276. The first-order valence-electron chi connectivity index (χ1n) is 8.55. The molecular weight excluding hydrogens is 326 g/mol. The van der Waals surface area contributed by atoms with Crippen molar-refractivity contribution in [3.05, 3.63) is 29.8 Å². The Kier molecular flexibility index (Phi) is 7.43. The predicted octanol–water partition coefficient (Wildman–Crippen LogP) is 2.76. The third-order valence-corrected chi connectivity index (χ3v) is 5.52. The predicted molar refractivity (Wildman–Crippen MR) is 93.3 cm³/mol. The third kappa shape index (κ3) is 5.16. The molecule has 0 radical (unpaired) electrons. The average Bonchev–Trinajstić information content (AvgIpc) is 2.58. The van der Waals surface area contributed by atoms with Crippen molar-refractivity contribution in [2.24, 2.45) is 0 Å². The number of nitrogens with zero attached hydrogens (tertiary/aromatic N) is 1. The lowest BCUT2D eigenvalue weighted by Crippen LogP contribution is -2.37. The summed E-state index contributed by atoms with van der Waals surface area (Å²) in [6, 6.07) is 6.69. The quantitative estimate of drug-likeness (QED) is 0.765. The number of hydrogen-bond acceptors (Lipinski definition) is 4. The van der Waals surface area contributed by atoms with Gasteiger partial charge in [0.15, 0.2) is 6.61 Å². The molecule has 0 N–H and O–H groups in total. The minimum Gasteiger partial charge on any atom is -0.452 e. The van der Waals surface area contributed by atoms with Crippen LogP contribution in [0.25, 0.3) is 0 Å². The molecule has 1 fully saturated rings. The second kappa shape index (κ2) is 9.57. The highest BCUT2D eigenvalue weighted by molar-refractivity contribution is 7.85. The zero-order chi connectivity index (χ0) is 17.4. The van der Waals surface area contributed by atoms with Crippen LogP contribution in [0, 0.1) is 0 Å². The minimum absolute atomic E-state index is 0.153. The molecule has 6 heteroatoms. The van der Waals surface area contributed by atoms with E-state index in [4.69, 9.17) is 4.74 Å². The maximum atomic E-state index is 12.3. The Morgan fingerprint density at radius 2 is 1.71 bits per heavy atom. The van der Waals surface area contributed by atoms with Crippen molar-refractivity contribution in [1.82, 2.24) is 4.90 Å². The number of carbonyl (C=O) groups excluding carboxylic acids is 2. The number of esters is 1. The van der Waals surface area contributed by atoms with Gasteiger partial charge in [0.05, 0.1) is 21.3 Å². The van der Waals surface area contributed by atoms with Crippen LogP contribution in [0.5, 0.6) is 0 Å². The summed E-state index contributed by atoms with van der Waals surface area (Å²) in [5, 5.41) is 0. The van der Waals surface area contributed by atoms with Crippen molar-refractivity contribution in [3.8, 4) is 0 Å². The summed E-state index contributed by atoms with van der Waals surface area (Å²) in [7, 11) is -1.24. The van der Waals surface area contributed by atoms with Crippen LogP contribution in [-0.4, -0.2) is 46.4 Å². The number of ether oxygens (including phenoxy) is 1. The van der Waals surface area contributed by atoms with Crippen LogP contribution < -0.4 is 0 Å². The zero-order valence-electron chi connectivity index (χ0n) is 14.2. The topological polar surface area (TPSA) is 63.7 Å². The average molecular weight is 351 g/mol. The number of amides is 1. The lowest BCUT2D eigenvalue weighted by atomic mass is 10.1. The minimum atomic E-state index is -1.24. The van der Waals surface area contributed by atoms with Gasteiger partial charge >= 0.3 is 5.97 Å². The van der Waals surface area contributed by atoms with Gasteiger partial charge in [0.1, 0.15) is 0 Å². The number of rotatable bonds is 5. The van der Waals surface area contributed by atoms with Gasteiger partial charge in [-0.1, -0.05) is 38.3 Å². The number of likely N-dealkylation sites (tertiary alicyclic amines) is 1. The lowest BCUT2D eigenvalue weighted by molar-refractivity contribution is -0.134. The molecule has 0 aliphatic carbocycles. The summed E-state index contributed by atoms with van der Waals surface area (Å²) in [6.07, 6.45) is 5.50. The highest BCUT2D eigenvalue weighted by atomic mass is 32.2. The Morgan fingerprint density at radius 1 is 1.08 bits per heavy atom. The van der Waals surface area contributed by atoms with Crippen molar-refractivity contribution in [2.75, 3.05) is 25.4 Å². The van der Waals surface area contributed by atoms with Crippen LogP contribution in [0.4, 0.5) is 0 Å². The Morgan fingerprint density at radius 3 is 2.38 bits per heavy atom. The van der Waals surface area contributed by atoms with Gasteiger partial charge in [-0.15, -0.1) is 0 Å². The molecule has 1 saturated heterocycles. The van der Waals surface area contributed by atoms with Crippen molar-refractivity contribution >= 4 is 22.7 Å². The van der Waals surface area contributed by atoms with E-state index in [1.807, 2.05) is 0 Å². The van der Waals surface area contributed by atoms with Crippen LogP contribution in [-0.2, 0) is 20.3 Å². The van der Waals surface area contributed by atoms with Crippen molar-refractivity contribution in [1.29, 1.82) is 0 Å². The molecule has 1 aromatic carbocycles. The molecule has 1 aliphatic heterocycles. The van der Waals surface area contributed by atoms with Gasteiger partial charge in [-0.3, -0.25) is 9.00 Å². The molecule has 0 spiro atoms. The zero-order valence-corrected chi connectivity index (χ0v) is 15.0. The first-order valence-corrected chi connectivity index (χ1v) is 9.87. The molecule has 1 atom stereocenters. The van der Waals surface area contributed by atoms with E-state index in [0.29, 0.717) is 10.6 Å². The molecule has 2 rings (SSSR count). The monoisotopic (exact) mass is 351 g/mol. The lowest BCUT2D eigenvalue weighted by Gasteiger charge is -2.24. The Balaban J connectivity index is 1.95. The van der Waals surface area contributed by atoms with Crippen molar-refractivity contribution in [3.63, 3.8) is 0 Å². The van der Waals surface area contributed by atoms with E-state index in [-0.39, 0.29) is 18.1 Å². The van der Waals surface area contributed by atoms with Gasteiger partial charge in [-0.25, -0.2) is 4.79 Å². The Hall–Kier alpha value is -1.69. The van der Waals surface area contributed by atoms with Gasteiger partial charge in [0, 0.05) is 18.8 Å². The van der Waals surface area contributed by atoms with E-state index in [0.717, 1.165) is 38.8 Å². The molecular formula is C18H25NO4S. The second-order valence-corrected chi connectivity index (χ2v) is 7.56. The molecule has 24 heavy (non-hydrogen) atoms. The first kappa shape index (κ1) is 18.6. The molecule has 1 heterocycles. The molecule has 1 aliphatic rings. The largest absolute Gasteiger partial charge is 0.452 e. The van der Waals surface area contributed by atoms with Crippen molar-refractivity contribution in [2.45, 2.75) is 43.9 Å². The third-order valence-electron chi connectivity index (χ3n) is 4.15. The normalized spacial score (nSPS) is 16.8. The number of benzene rings is 1. The van der Waals surface area contributed by atoms with Gasteiger partial charge < -0.3 is 9.64 Å². The van der Waals surface area contributed by atoms with Crippen LogP contribution in [0.15, 0.2) is 29.2 Å². The molecule has 1 aromatic rings. The van der Waals surface area contributed by atoms with E-state index in [2.05, 4.69) is 0 Å². The maximum Gasteiger partial charge on any atom is 0.339 e. The maximum absolute atomic E-state index is 12.3. The fourth-order valence-electron chi connectivity index (χ4n) is 2.78. The van der Waals surface area contributed by atoms with Gasteiger partial charge in [0.25, 0.3) is 5.91 Å². The molecule has 0 saturated carbocycles. The van der Waals surface area contributed by atoms with E-state index < -0.39 is 16.8 Å². The molecule has 0 unspecified atom stereocenters. The Bertz CT molecular complexity index is 594. The fourth-order valence-corrected chi connectivity index (χ4v) is 3.72. The SMILES string of the molecule is CC[S@](=O)c1ccccc1C(=O)OCC(=O)N1CCCCCCC1. The molecule has 0 aromatic heterocycles. The summed E-state index contributed by atoms with van der Waals surface area (Å²) < 4.78 is 17.2. The van der Waals surface area contributed by atoms with E-state index in [1.54, 1.807) is 36.1 Å². The van der Waals surface area contributed by atoms with Crippen molar-refractivity contribution < 1.29 is 18.5 Å². The van der Waals surface area contributed by atoms with E-state index in [9.17, 15) is 13.8 Å². The molecule has 0 bridgehead atoms. The van der Waals surface area contributed by atoms with Crippen LogP contribution in [0.1, 0.15) is 49.4 Å². The summed E-state index contributed by atoms with van der Waals surface area (Å²) in [6.45, 7) is 3.00. The van der Waals surface area contributed by atoms with Crippen LogP contribution in [0.3, 0.4) is 0 Å². The van der Waals surface area contributed by atoms with Crippen LogP contribution in [0.2, 0.25) is 0 Å². The second-order valence-electron chi connectivity index (χ2n) is 5.86. The molecule has 1 amide bonds. The number of carbonyl (C=O) groups is 2.